The molecule has 0 aliphatic rings. The molecule has 0 saturated carbocycles. The summed E-state index contributed by atoms with van der Waals surface area (Å²) >= 11 is 0. The predicted molar refractivity (Wildman–Crippen MR) is 81.4 cm³/mol. The summed E-state index contributed by atoms with van der Waals surface area (Å²) in [7, 11) is 0. The molecule has 0 unspecified atom stereocenters. The van der Waals surface area contributed by atoms with Crippen LogP contribution in [0.4, 0.5) is 0 Å². The van der Waals surface area contributed by atoms with E-state index in [4.69, 9.17) is 0 Å². The van der Waals surface area contributed by atoms with Crippen molar-refractivity contribution >= 4 is 11.6 Å². The smallest absolute Gasteiger partial charge is 0.198 e. The Hall–Kier alpha value is -0.660. The van der Waals surface area contributed by atoms with Gasteiger partial charge in [0.1, 0.15) is 0 Å². The molecule has 0 N–H and O–H groups in total. The number of carbonyl (C=O) groups excluding carboxylic acids is 2. The van der Waals surface area contributed by atoms with Gasteiger partial charge in [-0.2, -0.15) is 0 Å². The average Bonchev–Trinajstić information content (AvgIpc) is 2.42. The Kier molecular flexibility index (Phi) is 13.3. The first-order valence-corrected chi connectivity index (χ1v) is 8.28. The number of carbonyl (C=O) groups is 2. The Morgan fingerprint density at radius 2 is 0.842 bits per heavy atom. The summed E-state index contributed by atoms with van der Waals surface area (Å²) in [6.07, 6.45) is 13.5. The number of ketones is 2. The van der Waals surface area contributed by atoms with Gasteiger partial charge in [0.2, 0.25) is 0 Å². The van der Waals surface area contributed by atoms with Crippen LogP contribution in [0.3, 0.4) is 0 Å². The van der Waals surface area contributed by atoms with Crippen molar-refractivity contribution in [1.29, 1.82) is 0 Å². The summed E-state index contributed by atoms with van der Waals surface area (Å²) in [6.45, 7) is 4.37. The summed E-state index contributed by atoms with van der Waals surface area (Å²) in [4.78, 5) is 23.2. The van der Waals surface area contributed by atoms with E-state index in [1.54, 1.807) is 0 Å². The lowest BCUT2D eigenvalue weighted by molar-refractivity contribution is -0.136. The normalized spacial score (nSPS) is 10.6. The fourth-order valence-electron chi connectivity index (χ4n) is 2.23. The van der Waals surface area contributed by atoms with Crippen LogP contribution in [0, 0.1) is 0 Å². The highest BCUT2D eigenvalue weighted by molar-refractivity contribution is 6.37. The molecule has 0 bridgehead atoms. The molecule has 0 atom stereocenters. The molecule has 0 fully saturated rings. The number of hydrogen-bond acceptors (Lipinski definition) is 2. The van der Waals surface area contributed by atoms with Gasteiger partial charge in [-0.3, -0.25) is 9.59 Å². The zero-order valence-electron chi connectivity index (χ0n) is 13.0. The van der Waals surface area contributed by atoms with E-state index in [2.05, 4.69) is 13.8 Å². The van der Waals surface area contributed by atoms with Gasteiger partial charge < -0.3 is 0 Å². The van der Waals surface area contributed by atoms with Gasteiger partial charge in [0, 0.05) is 12.8 Å². The van der Waals surface area contributed by atoms with Gasteiger partial charge in [-0.15, -0.1) is 0 Å². The van der Waals surface area contributed by atoms with Crippen molar-refractivity contribution in [2.24, 2.45) is 0 Å². The third kappa shape index (κ3) is 12.1. The molecule has 0 aliphatic heterocycles. The lowest BCUT2D eigenvalue weighted by Crippen LogP contribution is -2.13. The third-order valence-electron chi connectivity index (χ3n) is 3.58. The fraction of sp³-hybridized carbons (Fsp3) is 0.882. The number of hydrogen-bond donors (Lipinski definition) is 0. The van der Waals surface area contributed by atoms with E-state index in [0.29, 0.717) is 12.8 Å². The van der Waals surface area contributed by atoms with E-state index in [1.807, 2.05) is 0 Å². The van der Waals surface area contributed by atoms with Crippen LogP contribution >= 0.6 is 0 Å². The zero-order valence-corrected chi connectivity index (χ0v) is 13.0. The highest BCUT2D eigenvalue weighted by Crippen LogP contribution is 2.09. The first-order chi connectivity index (χ1) is 9.22. The van der Waals surface area contributed by atoms with Gasteiger partial charge >= 0.3 is 0 Å². The van der Waals surface area contributed by atoms with Crippen LogP contribution in [0.1, 0.15) is 97.3 Å². The molecule has 19 heavy (non-hydrogen) atoms. The van der Waals surface area contributed by atoms with E-state index in [1.165, 1.54) is 44.9 Å². The molecule has 0 radical (unpaired) electrons. The van der Waals surface area contributed by atoms with Crippen molar-refractivity contribution in [3.05, 3.63) is 0 Å². The maximum atomic E-state index is 11.6. The first kappa shape index (κ1) is 18.3. The Labute approximate surface area is 119 Å². The van der Waals surface area contributed by atoms with Crippen LogP contribution in [0.25, 0.3) is 0 Å². The van der Waals surface area contributed by atoms with Gasteiger partial charge in [-0.25, -0.2) is 0 Å². The maximum Gasteiger partial charge on any atom is 0.198 e. The maximum absolute atomic E-state index is 11.6. The number of Topliss-reactive ketones (excluding diaryl/α,β-unsaturated/α-hetero) is 2. The molecule has 0 aromatic heterocycles. The second-order valence-electron chi connectivity index (χ2n) is 5.53. The topological polar surface area (TPSA) is 34.1 Å². The largest absolute Gasteiger partial charge is 0.291 e. The SMILES string of the molecule is CCCCCCCCC(=O)C(=O)CCCCCCC. The Balaban J connectivity index is 3.41. The van der Waals surface area contributed by atoms with Crippen molar-refractivity contribution < 1.29 is 9.59 Å². The molecule has 0 aromatic rings. The molecule has 0 aromatic carbocycles. The highest BCUT2D eigenvalue weighted by Gasteiger charge is 2.12. The van der Waals surface area contributed by atoms with Gasteiger partial charge in [0.15, 0.2) is 11.6 Å². The van der Waals surface area contributed by atoms with Gasteiger partial charge in [-0.05, 0) is 12.8 Å². The molecule has 112 valence electrons. The molecular formula is C17H32O2. The van der Waals surface area contributed by atoms with Crippen LogP contribution in [-0.2, 0) is 9.59 Å². The summed E-state index contributed by atoms with van der Waals surface area (Å²) in [5.41, 5.74) is 0. The molecule has 0 amide bonds. The van der Waals surface area contributed by atoms with Crippen molar-refractivity contribution in [3.8, 4) is 0 Å². The van der Waals surface area contributed by atoms with Crippen LogP contribution in [-0.4, -0.2) is 11.6 Å². The van der Waals surface area contributed by atoms with Crippen molar-refractivity contribution in [3.63, 3.8) is 0 Å². The van der Waals surface area contributed by atoms with Gasteiger partial charge in [-0.1, -0.05) is 71.6 Å². The molecule has 2 nitrogen and oxygen atoms in total. The van der Waals surface area contributed by atoms with E-state index >= 15 is 0 Å². The van der Waals surface area contributed by atoms with E-state index < -0.39 is 0 Å². The lowest BCUT2D eigenvalue weighted by atomic mass is 10.0. The van der Waals surface area contributed by atoms with Crippen molar-refractivity contribution in [2.45, 2.75) is 97.3 Å². The number of unbranched alkanes of at least 4 members (excludes halogenated alkanes) is 9. The van der Waals surface area contributed by atoms with Crippen LogP contribution < -0.4 is 0 Å². The Bertz CT molecular complexity index is 233. The van der Waals surface area contributed by atoms with E-state index in [0.717, 1.165) is 25.7 Å². The minimum Gasteiger partial charge on any atom is -0.291 e. The fourth-order valence-corrected chi connectivity index (χ4v) is 2.23. The van der Waals surface area contributed by atoms with E-state index in [-0.39, 0.29) is 11.6 Å². The monoisotopic (exact) mass is 268 g/mol. The minimum absolute atomic E-state index is 0.133. The average molecular weight is 268 g/mol. The number of rotatable bonds is 14. The Morgan fingerprint density at radius 1 is 0.526 bits per heavy atom. The Morgan fingerprint density at radius 3 is 1.21 bits per heavy atom. The van der Waals surface area contributed by atoms with E-state index in [9.17, 15) is 9.59 Å². The first-order valence-electron chi connectivity index (χ1n) is 8.28. The molecule has 0 aliphatic carbocycles. The lowest BCUT2D eigenvalue weighted by Gasteiger charge is -2.02. The van der Waals surface area contributed by atoms with Gasteiger partial charge in [0.25, 0.3) is 0 Å². The summed E-state index contributed by atoms with van der Waals surface area (Å²) in [6, 6.07) is 0. The second-order valence-corrected chi connectivity index (χ2v) is 5.53. The molecule has 0 rings (SSSR count). The summed E-state index contributed by atoms with van der Waals surface area (Å²) < 4.78 is 0. The molecule has 2 heteroatoms. The highest BCUT2D eigenvalue weighted by atomic mass is 16.2. The minimum atomic E-state index is -0.134. The van der Waals surface area contributed by atoms with Crippen LogP contribution in [0.15, 0.2) is 0 Å². The molecule has 0 heterocycles. The zero-order chi connectivity index (χ0) is 14.3. The standard InChI is InChI=1S/C17H32O2/c1-3-5-7-9-11-13-15-17(19)16(18)14-12-10-8-6-4-2/h3-15H2,1-2H3. The quantitative estimate of drug-likeness (QED) is 0.319. The summed E-state index contributed by atoms with van der Waals surface area (Å²) in [5.74, 6) is -0.268. The van der Waals surface area contributed by atoms with Crippen LogP contribution in [0.5, 0.6) is 0 Å². The molecule has 0 spiro atoms. The second kappa shape index (κ2) is 13.8. The van der Waals surface area contributed by atoms with Crippen molar-refractivity contribution in [1.82, 2.24) is 0 Å². The molecule has 0 saturated heterocycles. The van der Waals surface area contributed by atoms with Gasteiger partial charge in [0.05, 0.1) is 0 Å². The van der Waals surface area contributed by atoms with Crippen LogP contribution in [0.2, 0.25) is 0 Å². The predicted octanol–water partition coefficient (Wildman–Crippen LogP) is 5.24. The summed E-state index contributed by atoms with van der Waals surface area (Å²) in [5, 5.41) is 0. The third-order valence-corrected chi connectivity index (χ3v) is 3.58. The van der Waals surface area contributed by atoms with Crippen molar-refractivity contribution in [2.75, 3.05) is 0 Å². The molecular weight excluding hydrogens is 236 g/mol.